The zero-order valence-electron chi connectivity index (χ0n) is 24.2. The fraction of sp³-hybridized carbons (Fsp3) is 0.111. The molecule has 0 aliphatic heterocycles. The van der Waals surface area contributed by atoms with Crippen LogP contribution >= 0.6 is 15.9 Å². The van der Waals surface area contributed by atoms with Crippen molar-refractivity contribution in [2.45, 2.75) is 25.0 Å². The van der Waals surface area contributed by atoms with Gasteiger partial charge in [0.15, 0.2) is 6.10 Å². The van der Waals surface area contributed by atoms with Crippen molar-refractivity contribution in [3.05, 3.63) is 137 Å². The molecule has 45 heavy (non-hydrogen) atoms. The van der Waals surface area contributed by atoms with Gasteiger partial charge in [0.25, 0.3) is 0 Å². The number of hydrogen-bond acceptors (Lipinski definition) is 6. The predicted octanol–water partition coefficient (Wildman–Crippen LogP) is 8.60. The van der Waals surface area contributed by atoms with Gasteiger partial charge in [0.05, 0.1) is 17.1 Å². The van der Waals surface area contributed by atoms with Crippen LogP contribution in [0.5, 0.6) is 11.5 Å². The Morgan fingerprint density at radius 3 is 2.38 bits per heavy atom. The normalized spacial score (nSPS) is 12.4. The summed E-state index contributed by atoms with van der Waals surface area (Å²) in [7, 11) is 0. The molecule has 0 unspecified atom stereocenters. The summed E-state index contributed by atoms with van der Waals surface area (Å²) in [5.41, 5.74) is 7.87. The average molecular weight is 667 g/mol. The molecule has 0 saturated heterocycles. The average Bonchev–Trinajstić information content (AvgIpc) is 3.04. The van der Waals surface area contributed by atoms with Crippen LogP contribution < -0.4 is 21.1 Å². The highest BCUT2D eigenvalue weighted by molar-refractivity contribution is 9.10. The first-order valence-electron chi connectivity index (χ1n) is 14.3. The molecule has 0 aromatic heterocycles. The van der Waals surface area contributed by atoms with Gasteiger partial charge in [0.1, 0.15) is 17.6 Å². The second-order valence-electron chi connectivity index (χ2n) is 10.2. The van der Waals surface area contributed by atoms with Crippen LogP contribution in [0.1, 0.15) is 24.5 Å². The zero-order chi connectivity index (χ0) is 31.6. The van der Waals surface area contributed by atoms with Crippen LogP contribution in [-0.4, -0.2) is 23.2 Å². The number of allylic oxidation sites excluding steroid dienone is 1. The highest BCUT2D eigenvalue weighted by Gasteiger charge is 2.31. The maximum absolute atomic E-state index is 13.5. The fourth-order valence-corrected chi connectivity index (χ4v) is 5.24. The van der Waals surface area contributed by atoms with E-state index in [0.29, 0.717) is 45.7 Å². The van der Waals surface area contributed by atoms with Crippen molar-refractivity contribution in [1.29, 1.82) is 0 Å². The molecule has 228 valence electrons. The van der Waals surface area contributed by atoms with E-state index in [1.54, 1.807) is 60.7 Å². The number of benzene rings is 5. The molecule has 0 spiro atoms. The molecule has 0 aliphatic carbocycles. The lowest BCUT2D eigenvalue weighted by Gasteiger charge is -2.29. The molecular weight excluding hydrogens is 634 g/mol. The fourth-order valence-electron chi connectivity index (χ4n) is 4.86. The van der Waals surface area contributed by atoms with Crippen molar-refractivity contribution in [3.63, 3.8) is 0 Å². The maximum atomic E-state index is 13.5. The molecule has 0 bridgehead atoms. The SMILES string of the molecule is Nc1ccccc1NC(=O)/C=C/CC[C@H](Oc1ccccc1)[C@@H](OC(=O)Nc1cccc2ccccc12)c1cc(Br)ccc1O. The first-order chi connectivity index (χ1) is 21.9. The number of fused-ring (bicyclic) bond motifs is 1. The molecular formula is C36H32BrN3O5. The monoisotopic (exact) mass is 665 g/mol. The van der Waals surface area contributed by atoms with Crippen LogP contribution in [-0.2, 0) is 9.53 Å². The summed E-state index contributed by atoms with van der Waals surface area (Å²) < 4.78 is 13.1. The number of ether oxygens (including phenoxy) is 2. The van der Waals surface area contributed by atoms with Crippen LogP contribution in [0.3, 0.4) is 0 Å². The van der Waals surface area contributed by atoms with Gasteiger partial charge in [0, 0.05) is 15.4 Å². The Kier molecular flexibility index (Phi) is 10.3. The Morgan fingerprint density at radius 1 is 0.844 bits per heavy atom. The Labute approximate surface area is 269 Å². The summed E-state index contributed by atoms with van der Waals surface area (Å²) in [4.78, 5) is 26.0. The minimum Gasteiger partial charge on any atom is -0.508 e. The van der Waals surface area contributed by atoms with Crippen LogP contribution in [0.25, 0.3) is 10.8 Å². The highest BCUT2D eigenvalue weighted by atomic mass is 79.9. The number of phenols is 1. The number of halogens is 1. The first kappa shape index (κ1) is 31.2. The van der Waals surface area contributed by atoms with E-state index in [0.717, 1.165) is 10.8 Å². The molecule has 0 heterocycles. The van der Waals surface area contributed by atoms with E-state index in [1.807, 2.05) is 54.6 Å². The first-order valence-corrected chi connectivity index (χ1v) is 15.1. The molecule has 0 saturated carbocycles. The molecule has 2 atom stereocenters. The van der Waals surface area contributed by atoms with Crippen LogP contribution in [0.4, 0.5) is 21.9 Å². The number of amides is 2. The zero-order valence-corrected chi connectivity index (χ0v) is 25.8. The quantitative estimate of drug-likeness (QED) is 0.0827. The van der Waals surface area contributed by atoms with E-state index >= 15 is 0 Å². The third kappa shape index (κ3) is 8.43. The minimum absolute atomic E-state index is 0.0572. The van der Waals surface area contributed by atoms with Crippen molar-refractivity contribution in [2.24, 2.45) is 0 Å². The molecule has 8 nitrogen and oxygen atoms in total. The summed E-state index contributed by atoms with van der Waals surface area (Å²) >= 11 is 3.47. The standard InChI is InChI=1S/C36H32BrN3O5/c37-25-21-22-32(41)28(23-25)35(45-36(43)40-30-18-10-12-24-11-4-5-15-27(24)30)33(44-26-13-2-1-3-14-26)19-8-9-20-34(42)39-31-17-7-6-16-29(31)38/h1-7,9-18,20-23,33,35,41H,8,19,38H2,(H,39,42)(H,40,43)/b20-9+/t33-,35-/m0/s1. The summed E-state index contributed by atoms with van der Waals surface area (Å²) in [6.45, 7) is 0. The number of carbonyl (C=O) groups is 2. The van der Waals surface area contributed by atoms with Crippen molar-refractivity contribution in [3.8, 4) is 11.5 Å². The molecule has 5 rings (SSSR count). The molecule has 0 radical (unpaired) electrons. The van der Waals surface area contributed by atoms with E-state index in [-0.39, 0.29) is 11.7 Å². The maximum Gasteiger partial charge on any atom is 0.412 e. The molecule has 0 aliphatic rings. The number of hydrogen-bond donors (Lipinski definition) is 4. The summed E-state index contributed by atoms with van der Waals surface area (Å²) in [5, 5.41) is 18.4. The summed E-state index contributed by atoms with van der Waals surface area (Å²) in [6.07, 6.45) is 1.38. The number of rotatable bonds is 11. The van der Waals surface area contributed by atoms with Gasteiger partial charge in [-0.15, -0.1) is 0 Å². The van der Waals surface area contributed by atoms with E-state index in [9.17, 15) is 14.7 Å². The molecule has 5 aromatic carbocycles. The van der Waals surface area contributed by atoms with Crippen LogP contribution in [0.15, 0.2) is 132 Å². The summed E-state index contributed by atoms with van der Waals surface area (Å²) in [5.74, 6) is 0.167. The van der Waals surface area contributed by atoms with E-state index in [1.165, 1.54) is 12.1 Å². The van der Waals surface area contributed by atoms with Gasteiger partial charge in [0.2, 0.25) is 5.91 Å². The lowest BCUT2D eigenvalue weighted by atomic mass is 9.99. The predicted molar refractivity (Wildman–Crippen MR) is 181 cm³/mol. The van der Waals surface area contributed by atoms with Gasteiger partial charge < -0.3 is 25.6 Å². The Hall–Kier alpha value is -5.28. The Morgan fingerprint density at radius 2 is 1.56 bits per heavy atom. The topological polar surface area (TPSA) is 123 Å². The van der Waals surface area contributed by atoms with Gasteiger partial charge in [-0.1, -0.05) is 88.7 Å². The minimum atomic E-state index is -1.02. The van der Waals surface area contributed by atoms with Gasteiger partial charge in [-0.25, -0.2) is 4.79 Å². The number of para-hydroxylation sites is 3. The largest absolute Gasteiger partial charge is 0.508 e. The lowest BCUT2D eigenvalue weighted by Crippen LogP contribution is -2.31. The molecule has 5 N–H and O–H groups in total. The van der Waals surface area contributed by atoms with Gasteiger partial charge in [-0.2, -0.15) is 0 Å². The Balaban J connectivity index is 1.39. The number of carbonyl (C=O) groups excluding carboxylic acids is 2. The summed E-state index contributed by atoms with van der Waals surface area (Å²) in [6, 6.07) is 34.4. The van der Waals surface area contributed by atoms with Crippen molar-refractivity contribution in [2.75, 3.05) is 16.4 Å². The van der Waals surface area contributed by atoms with Gasteiger partial charge in [-0.05, 0) is 72.8 Å². The van der Waals surface area contributed by atoms with Gasteiger partial charge in [-0.3, -0.25) is 10.1 Å². The lowest BCUT2D eigenvalue weighted by molar-refractivity contribution is -0.111. The molecule has 5 aromatic rings. The second-order valence-corrected chi connectivity index (χ2v) is 11.1. The number of phenolic OH excluding ortho intramolecular Hbond substituents is 1. The smallest absolute Gasteiger partial charge is 0.412 e. The van der Waals surface area contributed by atoms with Gasteiger partial charge >= 0.3 is 6.09 Å². The molecule has 9 heteroatoms. The molecule has 2 amide bonds. The third-order valence-electron chi connectivity index (χ3n) is 7.03. The van der Waals surface area contributed by atoms with Crippen molar-refractivity contribution in [1.82, 2.24) is 0 Å². The van der Waals surface area contributed by atoms with E-state index < -0.39 is 18.3 Å². The van der Waals surface area contributed by atoms with Crippen LogP contribution in [0, 0.1) is 0 Å². The Bertz CT molecular complexity index is 1810. The third-order valence-corrected chi connectivity index (χ3v) is 7.52. The molecule has 0 fully saturated rings. The second kappa shape index (κ2) is 14.9. The number of nitrogens with one attached hydrogen (secondary N) is 2. The number of aromatic hydroxyl groups is 1. The van der Waals surface area contributed by atoms with E-state index in [2.05, 4.69) is 26.6 Å². The van der Waals surface area contributed by atoms with Crippen molar-refractivity contribution >= 4 is 55.8 Å². The number of anilines is 3. The number of nitrogens with two attached hydrogens (primary N) is 1. The van der Waals surface area contributed by atoms with Crippen LogP contribution in [0.2, 0.25) is 0 Å². The van der Waals surface area contributed by atoms with Crippen molar-refractivity contribution < 1.29 is 24.2 Å². The van der Waals surface area contributed by atoms with E-state index in [4.69, 9.17) is 15.2 Å². The highest BCUT2D eigenvalue weighted by Crippen LogP contribution is 2.36. The number of nitrogen functional groups attached to an aromatic ring is 1.